The molecule has 0 bridgehead atoms. The minimum atomic E-state index is 0.407. The molecule has 1 unspecified atom stereocenters. The fraction of sp³-hybridized carbons (Fsp3) is 0.647. The summed E-state index contributed by atoms with van der Waals surface area (Å²) in [5, 5.41) is 3.79. The van der Waals surface area contributed by atoms with Crippen LogP contribution in [0.1, 0.15) is 58.7 Å². The molecule has 0 radical (unpaired) electrons. The van der Waals surface area contributed by atoms with E-state index in [2.05, 4.69) is 71.1 Å². The average Bonchev–Trinajstić information content (AvgIpc) is 2.72. The van der Waals surface area contributed by atoms with Gasteiger partial charge in [-0.3, -0.25) is 0 Å². The Balaban J connectivity index is 2.02. The van der Waals surface area contributed by atoms with E-state index in [0.717, 1.165) is 6.42 Å². The van der Waals surface area contributed by atoms with Crippen LogP contribution in [0.2, 0.25) is 0 Å². The summed E-state index contributed by atoms with van der Waals surface area (Å²) in [7, 11) is 0. The topological polar surface area (TPSA) is 12.0 Å². The molecule has 0 aromatic heterocycles. The number of rotatable bonds is 4. The summed E-state index contributed by atoms with van der Waals surface area (Å²) in [6.07, 6.45) is 1.12. The number of nitrogens with one attached hydrogen (secondary N) is 1. The Morgan fingerprint density at radius 2 is 1.56 bits per heavy atom. The van der Waals surface area contributed by atoms with Crippen LogP contribution in [-0.4, -0.2) is 6.04 Å². The molecule has 1 heteroatoms. The first-order chi connectivity index (χ1) is 8.30. The molecule has 0 spiro atoms. The second-order valence-electron chi connectivity index (χ2n) is 6.86. The van der Waals surface area contributed by atoms with Gasteiger partial charge in [0, 0.05) is 12.1 Å². The molecule has 2 rings (SSSR count). The quantitative estimate of drug-likeness (QED) is 0.832. The van der Waals surface area contributed by atoms with Crippen LogP contribution in [0.5, 0.6) is 0 Å². The van der Waals surface area contributed by atoms with E-state index in [1.54, 1.807) is 0 Å². The summed E-state index contributed by atoms with van der Waals surface area (Å²) in [4.78, 5) is 0. The maximum absolute atomic E-state index is 3.79. The summed E-state index contributed by atoms with van der Waals surface area (Å²) in [6.45, 7) is 13.9. The molecular formula is C17H27N. The molecule has 0 saturated heterocycles. The Kier molecular flexibility index (Phi) is 3.31. The molecule has 0 aliphatic heterocycles. The smallest absolute Gasteiger partial charge is 0.0294 e. The van der Waals surface area contributed by atoms with Crippen LogP contribution >= 0.6 is 0 Å². The Hall–Kier alpha value is -0.820. The van der Waals surface area contributed by atoms with Gasteiger partial charge in [-0.2, -0.15) is 0 Å². The van der Waals surface area contributed by atoms with Gasteiger partial charge in [0.2, 0.25) is 0 Å². The van der Waals surface area contributed by atoms with Gasteiger partial charge < -0.3 is 5.32 Å². The van der Waals surface area contributed by atoms with Gasteiger partial charge in [-0.1, -0.05) is 58.9 Å². The molecule has 18 heavy (non-hydrogen) atoms. The van der Waals surface area contributed by atoms with E-state index in [9.17, 15) is 0 Å². The van der Waals surface area contributed by atoms with Gasteiger partial charge in [0.15, 0.2) is 0 Å². The van der Waals surface area contributed by atoms with Crippen LogP contribution in [-0.2, 0) is 6.42 Å². The van der Waals surface area contributed by atoms with Crippen LogP contribution in [0.15, 0.2) is 24.3 Å². The number of hydrogen-bond acceptors (Lipinski definition) is 1. The van der Waals surface area contributed by atoms with Gasteiger partial charge in [0.1, 0.15) is 0 Å². The van der Waals surface area contributed by atoms with Crippen molar-refractivity contribution < 1.29 is 0 Å². The molecule has 1 N–H and O–H groups in total. The number of hydrogen-bond donors (Lipinski definition) is 1. The van der Waals surface area contributed by atoms with Crippen molar-refractivity contribution in [2.75, 3.05) is 0 Å². The Bertz CT molecular complexity index is 400. The van der Waals surface area contributed by atoms with Crippen molar-refractivity contribution >= 4 is 0 Å². The molecule has 1 nitrogen and oxygen atoms in total. The lowest BCUT2D eigenvalue weighted by Gasteiger charge is -2.16. The van der Waals surface area contributed by atoms with Crippen molar-refractivity contribution in [3.63, 3.8) is 0 Å². The predicted octanol–water partition coefficient (Wildman–Crippen LogP) is 4.33. The van der Waals surface area contributed by atoms with Crippen LogP contribution in [0.4, 0.5) is 0 Å². The maximum atomic E-state index is 3.79. The van der Waals surface area contributed by atoms with Gasteiger partial charge >= 0.3 is 0 Å². The SMILES string of the molecule is CCc1ccc(C(C)NC2C(C)(C)C2(C)C)cc1. The number of aryl methyl sites for hydroxylation is 1. The third kappa shape index (κ3) is 2.09. The monoisotopic (exact) mass is 245 g/mol. The standard InChI is InChI=1S/C17H27N/c1-7-13-8-10-14(11-9-13)12(2)18-15-16(3,4)17(15,5)6/h8-12,15,18H,7H2,1-6H3. The molecule has 0 amide bonds. The zero-order valence-electron chi connectivity index (χ0n) is 12.7. The first-order valence-electron chi connectivity index (χ1n) is 7.15. The van der Waals surface area contributed by atoms with Crippen LogP contribution in [0.3, 0.4) is 0 Å². The summed E-state index contributed by atoms with van der Waals surface area (Å²) >= 11 is 0. The average molecular weight is 245 g/mol. The van der Waals surface area contributed by atoms with Gasteiger partial charge in [0.25, 0.3) is 0 Å². The fourth-order valence-electron chi connectivity index (χ4n) is 3.00. The lowest BCUT2D eigenvalue weighted by Crippen LogP contribution is -2.25. The third-order valence-electron chi connectivity index (χ3n) is 5.33. The largest absolute Gasteiger partial charge is 0.306 e. The van der Waals surface area contributed by atoms with Crippen LogP contribution < -0.4 is 5.32 Å². The second-order valence-corrected chi connectivity index (χ2v) is 6.86. The molecule has 1 aromatic carbocycles. The highest BCUT2D eigenvalue weighted by atomic mass is 15.1. The summed E-state index contributed by atoms with van der Waals surface area (Å²) < 4.78 is 0. The minimum absolute atomic E-state index is 0.407. The molecule has 100 valence electrons. The molecule has 1 fully saturated rings. The lowest BCUT2D eigenvalue weighted by molar-refractivity contribution is 0.457. The predicted molar refractivity (Wildman–Crippen MR) is 78.7 cm³/mol. The van der Waals surface area contributed by atoms with Crippen molar-refractivity contribution in [2.45, 2.75) is 60.0 Å². The molecule has 0 heterocycles. The van der Waals surface area contributed by atoms with E-state index >= 15 is 0 Å². The van der Waals surface area contributed by atoms with Crippen molar-refractivity contribution in [3.8, 4) is 0 Å². The van der Waals surface area contributed by atoms with E-state index in [1.165, 1.54) is 11.1 Å². The highest BCUT2D eigenvalue weighted by molar-refractivity contribution is 5.26. The van der Waals surface area contributed by atoms with Gasteiger partial charge in [0.05, 0.1) is 0 Å². The fourth-order valence-corrected chi connectivity index (χ4v) is 3.00. The van der Waals surface area contributed by atoms with Crippen molar-refractivity contribution in [1.82, 2.24) is 5.32 Å². The molecule has 1 aromatic rings. The first-order valence-corrected chi connectivity index (χ1v) is 7.15. The molecule has 1 saturated carbocycles. The Morgan fingerprint density at radius 3 is 1.94 bits per heavy atom. The van der Waals surface area contributed by atoms with E-state index < -0.39 is 0 Å². The van der Waals surface area contributed by atoms with Gasteiger partial charge in [-0.15, -0.1) is 0 Å². The Morgan fingerprint density at radius 1 is 1.06 bits per heavy atom. The van der Waals surface area contributed by atoms with Crippen LogP contribution in [0.25, 0.3) is 0 Å². The summed E-state index contributed by atoms with van der Waals surface area (Å²) in [5.41, 5.74) is 3.62. The highest BCUT2D eigenvalue weighted by Gasteiger charge is 2.64. The normalized spacial score (nSPS) is 22.8. The molecular weight excluding hydrogens is 218 g/mol. The maximum Gasteiger partial charge on any atom is 0.0294 e. The summed E-state index contributed by atoms with van der Waals surface area (Å²) in [5.74, 6) is 0. The molecule has 1 aliphatic rings. The molecule has 1 atom stereocenters. The third-order valence-corrected chi connectivity index (χ3v) is 5.33. The second kappa shape index (κ2) is 4.38. The molecule has 1 aliphatic carbocycles. The van der Waals surface area contributed by atoms with Crippen molar-refractivity contribution in [3.05, 3.63) is 35.4 Å². The van der Waals surface area contributed by atoms with Crippen molar-refractivity contribution in [2.24, 2.45) is 10.8 Å². The number of benzene rings is 1. The lowest BCUT2D eigenvalue weighted by atomic mass is 10.0. The zero-order chi connectivity index (χ0) is 13.6. The van der Waals surface area contributed by atoms with Gasteiger partial charge in [-0.05, 0) is 35.3 Å². The van der Waals surface area contributed by atoms with Crippen LogP contribution in [0, 0.1) is 10.8 Å². The first kappa shape index (κ1) is 13.6. The van der Waals surface area contributed by atoms with E-state index in [0.29, 0.717) is 22.9 Å². The zero-order valence-corrected chi connectivity index (χ0v) is 12.7. The van der Waals surface area contributed by atoms with Crippen molar-refractivity contribution in [1.29, 1.82) is 0 Å². The van der Waals surface area contributed by atoms with Gasteiger partial charge in [-0.25, -0.2) is 0 Å². The minimum Gasteiger partial charge on any atom is -0.306 e. The highest BCUT2D eigenvalue weighted by Crippen LogP contribution is 2.63. The van der Waals surface area contributed by atoms with E-state index in [4.69, 9.17) is 0 Å². The summed E-state index contributed by atoms with van der Waals surface area (Å²) in [6, 6.07) is 10.1. The van der Waals surface area contributed by atoms with E-state index in [1.807, 2.05) is 0 Å². The Labute approximate surface area is 112 Å². The van der Waals surface area contributed by atoms with E-state index in [-0.39, 0.29) is 0 Å².